The van der Waals surface area contributed by atoms with Gasteiger partial charge >= 0.3 is 0 Å². The predicted molar refractivity (Wildman–Crippen MR) is 78.4 cm³/mol. The van der Waals surface area contributed by atoms with E-state index in [1.165, 1.54) is 50.5 Å². The Labute approximate surface area is 116 Å². The van der Waals surface area contributed by atoms with Crippen molar-refractivity contribution in [2.24, 2.45) is 5.92 Å². The number of nitrogens with one attached hydrogen (secondary N) is 1. The normalized spacial score (nSPS) is 20.4. The largest absolute Gasteiger partial charge is 0.493 e. The van der Waals surface area contributed by atoms with Crippen LogP contribution in [0.5, 0.6) is 5.75 Å². The Morgan fingerprint density at radius 1 is 0.947 bits per heavy atom. The summed E-state index contributed by atoms with van der Waals surface area (Å²) in [6.45, 7) is 1.90. The maximum absolute atomic E-state index is 5.92. The van der Waals surface area contributed by atoms with Gasteiger partial charge in [0.2, 0.25) is 0 Å². The van der Waals surface area contributed by atoms with E-state index in [0.717, 1.165) is 30.9 Å². The topological polar surface area (TPSA) is 21.3 Å². The maximum atomic E-state index is 5.92. The summed E-state index contributed by atoms with van der Waals surface area (Å²) in [6, 6.07) is 9.39. The molecule has 0 spiro atoms. The average Bonchev–Trinajstić information content (AvgIpc) is 3.29. The highest BCUT2D eigenvalue weighted by atomic mass is 16.5. The van der Waals surface area contributed by atoms with Gasteiger partial charge in [-0.1, -0.05) is 31.4 Å². The minimum atomic E-state index is 0.780. The molecule has 1 N–H and O–H groups in total. The van der Waals surface area contributed by atoms with Gasteiger partial charge in [0.05, 0.1) is 6.61 Å². The van der Waals surface area contributed by atoms with E-state index in [-0.39, 0.29) is 0 Å². The Balaban J connectivity index is 1.42. The Bertz CT molecular complexity index is 377. The van der Waals surface area contributed by atoms with Crippen LogP contribution in [0, 0.1) is 5.92 Å². The molecule has 2 nitrogen and oxygen atoms in total. The molecule has 2 saturated carbocycles. The van der Waals surface area contributed by atoms with Gasteiger partial charge < -0.3 is 10.1 Å². The zero-order valence-electron chi connectivity index (χ0n) is 11.7. The van der Waals surface area contributed by atoms with E-state index in [4.69, 9.17) is 4.74 Å². The summed E-state index contributed by atoms with van der Waals surface area (Å²) in [5.41, 5.74) is 1.36. The molecule has 104 valence electrons. The molecule has 1 aromatic carbocycles. The molecule has 0 unspecified atom stereocenters. The molecule has 0 saturated heterocycles. The number of hydrogen-bond acceptors (Lipinski definition) is 2. The molecule has 0 bridgehead atoms. The van der Waals surface area contributed by atoms with Crippen molar-refractivity contribution in [2.75, 3.05) is 6.61 Å². The first-order valence-electron chi connectivity index (χ1n) is 7.85. The number of ether oxygens (including phenoxy) is 1. The third-order valence-corrected chi connectivity index (χ3v) is 4.31. The zero-order valence-corrected chi connectivity index (χ0v) is 11.7. The molecular formula is C17H25NO. The lowest BCUT2D eigenvalue weighted by atomic mass is 9.90. The maximum Gasteiger partial charge on any atom is 0.119 e. The lowest BCUT2D eigenvalue weighted by Crippen LogP contribution is -2.16. The fourth-order valence-electron chi connectivity index (χ4n) is 2.82. The lowest BCUT2D eigenvalue weighted by molar-refractivity contribution is 0.209. The lowest BCUT2D eigenvalue weighted by Gasteiger charge is -2.21. The summed E-state index contributed by atoms with van der Waals surface area (Å²) in [4.78, 5) is 0. The van der Waals surface area contributed by atoms with Crippen molar-refractivity contribution < 1.29 is 4.74 Å². The first-order valence-corrected chi connectivity index (χ1v) is 7.85. The standard InChI is InChI=1S/C17H25NO/c1-2-4-15(5-3-1)13-19-17-10-6-14(7-11-17)12-18-16-8-9-16/h6-7,10-11,15-16,18H,1-5,8-9,12-13H2. The van der Waals surface area contributed by atoms with E-state index < -0.39 is 0 Å². The van der Waals surface area contributed by atoms with Gasteiger partial charge in [-0.15, -0.1) is 0 Å². The van der Waals surface area contributed by atoms with E-state index in [1.54, 1.807) is 0 Å². The van der Waals surface area contributed by atoms with Gasteiger partial charge in [-0.3, -0.25) is 0 Å². The van der Waals surface area contributed by atoms with Crippen LogP contribution in [-0.4, -0.2) is 12.6 Å². The fraction of sp³-hybridized carbons (Fsp3) is 0.647. The monoisotopic (exact) mass is 259 g/mol. The molecule has 2 aliphatic carbocycles. The second-order valence-electron chi connectivity index (χ2n) is 6.11. The molecule has 0 aliphatic heterocycles. The number of rotatable bonds is 6. The minimum Gasteiger partial charge on any atom is -0.493 e. The number of hydrogen-bond donors (Lipinski definition) is 1. The van der Waals surface area contributed by atoms with Crippen molar-refractivity contribution in [2.45, 2.75) is 57.5 Å². The Hall–Kier alpha value is -1.02. The summed E-state index contributed by atoms with van der Waals surface area (Å²) < 4.78 is 5.92. The van der Waals surface area contributed by atoms with Gasteiger partial charge in [-0.25, -0.2) is 0 Å². The minimum absolute atomic E-state index is 0.780. The van der Waals surface area contributed by atoms with Gasteiger partial charge in [0.15, 0.2) is 0 Å². The Morgan fingerprint density at radius 3 is 2.37 bits per heavy atom. The molecule has 0 amide bonds. The van der Waals surface area contributed by atoms with Crippen molar-refractivity contribution in [3.05, 3.63) is 29.8 Å². The predicted octanol–water partition coefficient (Wildman–Crippen LogP) is 3.90. The van der Waals surface area contributed by atoms with E-state index >= 15 is 0 Å². The van der Waals surface area contributed by atoms with Gasteiger partial charge in [0.1, 0.15) is 5.75 Å². The zero-order chi connectivity index (χ0) is 12.9. The van der Waals surface area contributed by atoms with Gasteiger partial charge in [-0.2, -0.15) is 0 Å². The molecule has 0 heterocycles. The van der Waals surface area contributed by atoms with Crippen molar-refractivity contribution in [3.63, 3.8) is 0 Å². The van der Waals surface area contributed by atoms with Gasteiger partial charge in [0.25, 0.3) is 0 Å². The molecular weight excluding hydrogens is 234 g/mol. The molecule has 0 atom stereocenters. The molecule has 2 fully saturated rings. The molecule has 2 aliphatic rings. The fourth-order valence-corrected chi connectivity index (χ4v) is 2.82. The third-order valence-electron chi connectivity index (χ3n) is 4.31. The smallest absolute Gasteiger partial charge is 0.119 e. The van der Waals surface area contributed by atoms with Crippen molar-refractivity contribution in [1.29, 1.82) is 0 Å². The molecule has 1 aromatic rings. The van der Waals surface area contributed by atoms with Crippen LogP contribution in [0.15, 0.2) is 24.3 Å². The van der Waals surface area contributed by atoms with Crippen molar-refractivity contribution in [1.82, 2.24) is 5.32 Å². The SMILES string of the molecule is c1cc(OCC2CCCCC2)ccc1CNC1CC1. The summed E-state index contributed by atoms with van der Waals surface area (Å²) in [6.07, 6.45) is 9.59. The van der Waals surface area contributed by atoms with Crippen LogP contribution in [-0.2, 0) is 6.54 Å². The highest BCUT2D eigenvalue weighted by Crippen LogP contribution is 2.25. The molecule has 0 radical (unpaired) electrons. The van der Waals surface area contributed by atoms with Crippen LogP contribution in [0.3, 0.4) is 0 Å². The summed E-state index contributed by atoms with van der Waals surface area (Å²) in [5.74, 6) is 1.81. The molecule has 19 heavy (non-hydrogen) atoms. The van der Waals surface area contributed by atoms with E-state index in [0.29, 0.717) is 0 Å². The van der Waals surface area contributed by atoms with E-state index in [1.807, 2.05) is 0 Å². The highest BCUT2D eigenvalue weighted by Gasteiger charge is 2.19. The molecule has 0 aromatic heterocycles. The van der Waals surface area contributed by atoms with Crippen LogP contribution in [0.25, 0.3) is 0 Å². The van der Waals surface area contributed by atoms with E-state index in [2.05, 4.69) is 29.6 Å². The summed E-state index contributed by atoms with van der Waals surface area (Å²) >= 11 is 0. The Morgan fingerprint density at radius 2 is 1.68 bits per heavy atom. The second kappa shape index (κ2) is 6.42. The van der Waals surface area contributed by atoms with Crippen molar-refractivity contribution in [3.8, 4) is 5.75 Å². The average molecular weight is 259 g/mol. The Kier molecular flexibility index (Phi) is 4.39. The first kappa shape index (κ1) is 13.0. The molecule has 3 rings (SSSR count). The first-order chi connectivity index (χ1) is 9.40. The van der Waals surface area contributed by atoms with Crippen LogP contribution in [0.1, 0.15) is 50.5 Å². The second-order valence-corrected chi connectivity index (χ2v) is 6.11. The van der Waals surface area contributed by atoms with Gasteiger partial charge in [0, 0.05) is 12.6 Å². The summed E-state index contributed by atoms with van der Waals surface area (Å²) in [7, 11) is 0. The quantitative estimate of drug-likeness (QED) is 0.836. The third kappa shape index (κ3) is 4.24. The van der Waals surface area contributed by atoms with Gasteiger partial charge in [-0.05, 0) is 49.3 Å². The highest BCUT2D eigenvalue weighted by molar-refractivity contribution is 5.27. The molecule has 2 heteroatoms. The summed E-state index contributed by atoms with van der Waals surface area (Å²) in [5, 5.41) is 3.54. The van der Waals surface area contributed by atoms with Crippen LogP contribution >= 0.6 is 0 Å². The van der Waals surface area contributed by atoms with E-state index in [9.17, 15) is 0 Å². The number of benzene rings is 1. The van der Waals surface area contributed by atoms with Crippen LogP contribution < -0.4 is 10.1 Å². The van der Waals surface area contributed by atoms with Crippen molar-refractivity contribution >= 4 is 0 Å². The van der Waals surface area contributed by atoms with Crippen LogP contribution in [0.2, 0.25) is 0 Å². The van der Waals surface area contributed by atoms with Crippen LogP contribution in [0.4, 0.5) is 0 Å².